The summed E-state index contributed by atoms with van der Waals surface area (Å²) in [6.45, 7) is 1.31. The Morgan fingerprint density at radius 1 is 0.544 bits per heavy atom. The number of unbranched alkanes of at least 4 members (excludes halogenated alkanes) is 17. The van der Waals surface area contributed by atoms with E-state index in [0.717, 1.165) is 64.2 Å². The third kappa shape index (κ3) is 26.1. The Hall–Kier alpha value is -0.890. The van der Waals surface area contributed by atoms with Crippen LogP contribution < -0.4 is 5.73 Å². The van der Waals surface area contributed by atoms with E-state index in [-0.39, 0.29) is 12.8 Å². The van der Waals surface area contributed by atoms with E-state index in [1.165, 1.54) is 44.9 Å². The van der Waals surface area contributed by atoms with Gasteiger partial charge in [-0.3, -0.25) is 27.7 Å². The highest BCUT2D eigenvalue weighted by atomic mass is 31.2. The molecule has 0 amide bonds. The van der Waals surface area contributed by atoms with Crippen molar-refractivity contribution >= 4 is 35.4 Å². The van der Waals surface area contributed by atoms with Gasteiger partial charge in [0, 0.05) is 12.8 Å². The number of carbonyl (C=O) groups is 2. The van der Waals surface area contributed by atoms with Crippen LogP contribution in [-0.2, 0) is 50.9 Å². The number of phosphoric ester groups is 3. The van der Waals surface area contributed by atoms with Gasteiger partial charge in [0.1, 0.15) is 43.2 Å². The van der Waals surface area contributed by atoms with Gasteiger partial charge in [0.25, 0.3) is 0 Å². The molecule has 0 bridgehead atoms. The predicted molar refractivity (Wildman–Crippen MR) is 205 cm³/mol. The van der Waals surface area contributed by atoms with Crippen LogP contribution in [0.4, 0.5) is 0 Å². The van der Waals surface area contributed by atoms with E-state index < -0.39 is 91.3 Å². The summed E-state index contributed by atoms with van der Waals surface area (Å²) in [5.74, 6) is -1.33. The van der Waals surface area contributed by atoms with Crippen LogP contribution in [0.5, 0.6) is 0 Å². The quantitative estimate of drug-likeness (QED) is 0.0249. The molecule has 0 aromatic carbocycles. The molecule has 57 heavy (non-hydrogen) atoms. The number of hydrogen-bond acceptors (Lipinski definition) is 15. The van der Waals surface area contributed by atoms with Crippen molar-refractivity contribution in [2.45, 2.75) is 184 Å². The summed E-state index contributed by atoms with van der Waals surface area (Å²) in [5, 5.41) is 31.7. The lowest BCUT2D eigenvalue weighted by molar-refractivity contribution is -0.213. The average Bonchev–Trinajstić information content (AvgIpc) is 3.12. The number of nitrogens with two attached hydrogens (primary N) is 1. The molecule has 23 heteroatoms. The molecule has 1 fully saturated rings. The van der Waals surface area contributed by atoms with Gasteiger partial charge in [0.05, 0.1) is 6.61 Å². The molecule has 0 saturated heterocycles. The van der Waals surface area contributed by atoms with Crippen molar-refractivity contribution in [3.05, 3.63) is 0 Å². The number of phosphoric acid groups is 3. The molecule has 10 N–H and O–H groups in total. The molecular weight excluding hydrogens is 819 g/mol. The van der Waals surface area contributed by atoms with E-state index in [1.54, 1.807) is 0 Å². The first-order chi connectivity index (χ1) is 26.8. The van der Waals surface area contributed by atoms with Crippen molar-refractivity contribution in [3.8, 4) is 0 Å². The molecule has 0 radical (unpaired) electrons. The highest BCUT2D eigenvalue weighted by molar-refractivity contribution is 7.47. The zero-order valence-electron chi connectivity index (χ0n) is 33.0. The fraction of sp³-hybridized carbons (Fsp3) is 0.941. The fourth-order valence-electron chi connectivity index (χ4n) is 6.24. The normalized spacial score (nSPS) is 23.2. The van der Waals surface area contributed by atoms with E-state index >= 15 is 0 Å². The molecule has 4 unspecified atom stereocenters. The minimum absolute atomic E-state index is 0.00317. The molecule has 0 aromatic rings. The number of carbonyl (C=O) groups excluding carboxylic acids is 2. The van der Waals surface area contributed by atoms with Crippen molar-refractivity contribution in [3.63, 3.8) is 0 Å². The second-order valence-corrected chi connectivity index (χ2v) is 18.2. The molecule has 338 valence electrons. The van der Waals surface area contributed by atoms with Gasteiger partial charge in [-0.05, 0) is 25.8 Å². The van der Waals surface area contributed by atoms with Crippen LogP contribution >= 0.6 is 23.5 Å². The Labute approximate surface area is 335 Å². The summed E-state index contributed by atoms with van der Waals surface area (Å²) in [7, 11) is -16.6. The zero-order valence-corrected chi connectivity index (χ0v) is 35.7. The first-order valence-electron chi connectivity index (χ1n) is 20.0. The van der Waals surface area contributed by atoms with Crippen LogP contribution in [0.1, 0.15) is 142 Å². The van der Waals surface area contributed by atoms with E-state index in [0.29, 0.717) is 19.4 Å². The van der Waals surface area contributed by atoms with Crippen LogP contribution in [0, 0.1) is 0 Å². The Morgan fingerprint density at radius 3 is 1.40 bits per heavy atom. The minimum Gasteiger partial charge on any atom is -0.462 e. The Balaban J connectivity index is 2.81. The number of aliphatic hydroxyl groups is 3. The summed E-state index contributed by atoms with van der Waals surface area (Å²) < 4.78 is 64.9. The molecule has 1 rings (SSSR count). The second kappa shape index (κ2) is 29.4. The molecule has 0 aliphatic heterocycles. The number of aliphatic hydroxyl groups excluding tert-OH is 3. The van der Waals surface area contributed by atoms with Gasteiger partial charge in [0.15, 0.2) is 6.10 Å². The largest absolute Gasteiger partial charge is 0.472 e. The second-order valence-electron chi connectivity index (χ2n) is 14.4. The number of rotatable bonds is 34. The smallest absolute Gasteiger partial charge is 0.462 e. The molecule has 0 spiro atoms. The fourth-order valence-corrected chi connectivity index (χ4v) is 8.34. The molecule has 1 aliphatic rings. The molecule has 1 aliphatic carbocycles. The van der Waals surface area contributed by atoms with Crippen molar-refractivity contribution < 1.29 is 90.6 Å². The molecule has 1 saturated carbocycles. The Morgan fingerprint density at radius 2 is 0.947 bits per heavy atom. The van der Waals surface area contributed by atoms with Crippen LogP contribution in [0.2, 0.25) is 0 Å². The first-order valence-corrected chi connectivity index (χ1v) is 24.6. The molecule has 0 aromatic heterocycles. The monoisotopic (exact) mass is 887 g/mol. The van der Waals surface area contributed by atoms with Gasteiger partial charge in [-0.25, -0.2) is 13.7 Å². The number of ether oxygens (including phenoxy) is 2. The van der Waals surface area contributed by atoms with Gasteiger partial charge in [-0.1, -0.05) is 110 Å². The Kier molecular flexibility index (Phi) is 27.9. The lowest BCUT2D eigenvalue weighted by Gasteiger charge is -2.44. The number of esters is 2. The summed E-state index contributed by atoms with van der Waals surface area (Å²) in [6.07, 6.45) is 3.04. The van der Waals surface area contributed by atoms with Gasteiger partial charge in [0.2, 0.25) is 0 Å². The molecular formula is C34H68NO19P3. The highest BCUT2D eigenvalue weighted by Crippen LogP contribution is 2.51. The van der Waals surface area contributed by atoms with E-state index in [2.05, 4.69) is 16.0 Å². The van der Waals surface area contributed by atoms with Crippen molar-refractivity contribution in [2.75, 3.05) is 19.8 Å². The van der Waals surface area contributed by atoms with Crippen molar-refractivity contribution in [1.82, 2.24) is 0 Å². The van der Waals surface area contributed by atoms with Crippen LogP contribution in [0.25, 0.3) is 0 Å². The SMILES string of the molecule is CCCCCCCCCCCCCCCC(=O)O[C@H](COC(=O)CCCCCCCCN)COP(=O)(O)OC1C(O)[C@@H](OP(=O)(O)O)C(OP(=O)(O)O)[C@@H](O)[C@H]1O. The first kappa shape index (κ1) is 54.1. The van der Waals surface area contributed by atoms with Gasteiger partial charge >= 0.3 is 35.4 Å². The summed E-state index contributed by atoms with van der Waals surface area (Å²) in [6, 6.07) is 0. The standard InChI is InChI=1S/C34H68NO19P3/c1-2-3-4-5-6-7-8-9-10-11-12-16-19-22-28(37)51-26(24-49-27(36)21-18-15-13-14-17-20-23-35)25-50-57(47,48)54-32-29(38)30(39)33(52-55(41,42)43)34(31(32)40)53-56(44,45)46/h26,29-34,38-40H,2-25,35H2,1H3,(H,47,48)(H2,41,42,43)(H2,44,45,46)/t26-,29-,30+,31?,32?,33?,34-/m1/s1. The van der Waals surface area contributed by atoms with Crippen LogP contribution in [0.3, 0.4) is 0 Å². The third-order valence-corrected chi connectivity index (χ3v) is 11.3. The maximum absolute atomic E-state index is 13.0. The summed E-state index contributed by atoms with van der Waals surface area (Å²) >= 11 is 0. The molecule has 0 heterocycles. The van der Waals surface area contributed by atoms with Crippen LogP contribution in [-0.4, -0.2) is 114 Å². The van der Waals surface area contributed by atoms with E-state index in [4.69, 9.17) is 24.3 Å². The lowest BCUT2D eigenvalue weighted by Crippen LogP contribution is -2.65. The van der Waals surface area contributed by atoms with Crippen molar-refractivity contribution in [1.29, 1.82) is 0 Å². The van der Waals surface area contributed by atoms with Gasteiger partial charge < -0.3 is 55.0 Å². The Bertz CT molecular complexity index is 1250. The van der Waals surface area contributed by atoms with Gasteiger partial charge in [-0.15, -0.1) is 0 Å². The lowest BCUT2D eigenvalue weighted by atomic mass is 9.85. The van der Waals surface area contributed by atoms with E-state index in [1.807, 2.05) is 0 Å². The topological polar surface area (TPSA) is 329 Å². The maximum Gasteiger partial charge on any atom is 0.472 e. The molecule has 20 nitrogen and oxygen atoms in total. The van der Waals surface area contributed by atoms with Crippen molar-refractivity contribution in [2.24, 2.45) is 5.73 Å². The number of hydrogen-bond donors (Lipinski definition) is 9. The highest BCUT2D eigenvalue weighted by Gasteiger charge is 2.56. The van der Waals surface area contributed by atoms with E-state index in [9.17, 15) is 63.1 Å². The maximum atomic E-state index is 13.0. The summed E-state index contributed by atoms with van der Waals surface area (Å²) in [4.78, 5) is 72.5. The van der Waals surface area contributed by atoms with Gasteiger partial charge in [-0.2, -0.15) is 0 Å². The molecule has 8 atom stereocenters. The zero-order chi connectivity index (χ0) is 42.9. The van der Waals surface area contributed by atoms with Crippen LogP contribution in [0.15, 0.2) is 0 Å². The average molecular weight is 888 g/mol. The third-order valence-electron chi connectivity index (χ3n) is 9.26. The summed E-state index contributed by atoms with van der Waals surface area (Å²) in [5.41, 5.74) is 5.49. The minimum atomic E-state index is -5.59. The predicted octanol–water partition coefficient (Wildman–Crippen LogP) is 4.17.